The Morgan fingerprint density at radius 1 is 1.15 bits per heavy atom. The molecule has 0 aliphatic carbocycles. The van der Waals surface area contributed by atoms with Gasteiger partial charge in [-0.05, 0) is 5.46 Å². The molecule has 0 atom stereocenters. The second-order valence-electron chi connectivity index (χ2n) is 2.29. The highest BCUT2D eigenvalue weighted by Crippen LogP contribution is 2.19. The first-order valence-electron chi connectivity index (χ1n) is 3.42. The number of halogens is 4. The van der Waals surface area contributed by atoms with E-state index in [2.05, 4.69) is 20.4 Å². The minimum atomic E-state index is -4.62. The standard InChI is InChI=1S/C7H5BBrF3O/c9-8(13-7(10,11)12)6-4-2-1-3-5-6/h1-5H. The highest BCUT2D eigenvalue weighted by atomic mass is 79.9. The first-order valence-corrected chi connectivity index (χ1v) is 4.34. The number of hydrogen-bond acceptors (Lipinski definition) is 1. The van der Waals surface area contributed by atoms with Crippen molar-refractivity contribution in [2.45, 2.75) is 6.36 Å². The van der Waals surface area contributed by atoms with Crippen LogP contribution in [-0.4, -0.2) is 12.1 Å². The van der Waals surface area contributed by atoms with E-state index in [4.69, 9.17) is 0 Å². The van der Waals surface area contributed by atoms with Gasteiger partial charge in [-0.3, -0.25) is 0 Å². The quantitative estimate of drug-likeness (QED) is 0.734. The summed E-state index contributed by atoms with van der Waals surface area (Å²) >= 11 is 2.78. The van der Waals surface area contributed by atoms with Crippen molar-refractivity contribution in [1.82, 2.24) is 0 Å². The number of alkyl halides is 3. The lowest BCUT2D eigenvalue weighted by molar-refractivity contribution is -0.275. The number of rotatable bonds is 2. The van der Waals surface area contributed by atoms with E-state index < -0.39 is 12.1 Å². The smallest absolute Gasteiger partial charge is 0.336 e. The van der Waals surface area contributed by atoms with E-state index >= 15 is 0 Å². The summed E-state index contributed by atoms with van der Waals surface area (Å²) in [6, 6.07) is 8.10. The van der Waals surface area contributed by atoms with Gasteiger partial charge in [0, 0.05) is 0 Å². The van der Waals surface area contributed by atoms with E-state index in [9.17, 15) is 13.2 Å². The highest BCUT2D eigenvalue weighted by Gasteiger charge is 2.34. The lowest BCUT2D eigenvalue weighted by Crippen LogP contribution is -2.33. The molecule has 0 aromatic heterocycles. The van der Waals surface area contributed by atoms with Crippen molar-refractivity contribution in [3.8, 4) is 0 Å². The summed E-state index contributed by atoms with van der Waals surface area (Å²) in [6.07, 6.45) is -4.62. The van der Waals surface area contributed by atoms with Crippen LogP contribution >= 0.6 is 15.8 Å². The summed E-state index contributed by atoms with van der Waals surface area (Å²) in [5.41, 5.74) is -0.714. The van der Waals surface area contributed by atoms with Gasteiger partial charge in [0.05, 0.1) is 0 Å². The van der Waals surface area contributed by atoms with Crippen molar-refractivity contribution in [3.05, 3.63) is 30.3 Å². The summed E-state index contributed by atoms with van der Waals surface area (Å²) in [7, 11) is 0. The molecular formula is C7H5BBrF3O. The van der Waals surface area contributed by atoms with Gasteiger partial charge in [0.15, 0.2) is 0 Å². The van der Waals surface area contributed by atoms with Gasteiger partial charge in [-0.2, -0.15) is 0 Å². The van der Waals surface area contributed by atoms with E-state index in [-0.39, 0.29) is 0 Å². The van der Waals surface area contributed by atoms with Gasteiger partial charge in [0.2, 0.25) is 0 Å². The SMILES string of the molecule is FC(F)(F)OB(Br)c1ccccc1. The molecule has 70 valence electrons. The molecule has 0 heterocycles. The third-order valence-corrected chi connectivity index (χ3v) is 2.01. The van der Waals surface area contributed by atoms with Crippen LogP contribution in [0, 0.1) is 0 Å². The Bertz CT molecular complexity index is 264. The predicted octanol–water partition coefficient (Wildman–Crippen LogP) is 2.31. The van der Waals surface area contributed by atoms with Gasteiger partial charge in [0.1, 0.15) is 0 Å². The molecule has 0 bridgehead atoms. The van der Waals surface area contributed by atoms with Crippen LogP contribution in [-0.2, 0) is 4.65 Å². The van der Waals surface area contributed by atoms with Crippen molar-refractivity contribution >= 4 is 27.0 Å². The highest BCUT2D eigenvalue weighted by molar-refractivity contribution is 9.24. The third kappa shape index (κ3) is 3.82. The molecule has 6 heteroatoms. The molecule has 0 radical (unpaired) electrons. The van der Waals surface area contributed by atoms with Crippen molar-refractivity contribution in [2.75, 3.05) is 0 Å². The summed E-state index contributed by atoms with van der Waals surface area (Å²) in [4.78, 5) is 0. The zero-order valence-electron chi connectivity index (χ0n) is 6.38. The average Bonchev–Trinajstić information content (AvgIpc) is 2.03. The molecular weight excluding hydrogens is 248 g/mol. The largest absolute Gasteiger partial charge is 0.509 e. The molecule has 0 saturated carbocycles. The lowest BCUT2D eigenvalue weighted by Gasteiger charge is -2.10. The van der Waals surface area contributed by atoms with Crippen molar-refractivity contribution in [3.63, 3.8) is 0 Å². The molecule has 0 unspecified atom stereocenters. The fourth-order valence-corrected chi connectivity index (χ4v) is 1.31. The van der Waals surface area contributed by atoms with Crippen LogP contribution in [0.15, 0.2) is 30.3 Å². The number of hydrogen-bond donors (Lipinski definition) is 0. The fraction of sp³-hybridized carbons (Fsp3) is 0.143. The molecule has 1 nitrogen and oxygen atoms in total. The van der Waals surface area contributed by atoms with Crippen LogP contribution < -0.4 is 5.46 Å². The second-order valence-corrected chi connectivity index (χ2v) is 3.12. The molecule has 0 saturated heterocycles. The second kappa shape index (κ2) is 4.15. The van der Waals surface area contributed by atoms with Crippen LogP contribution in [0.2, 0.25) is 0 Å². The Morgan fingerprint density at radius 3 is 2.15 bits per heavy atom. The van der Waals surface area contributed by atoms with Crippen LogP contribution in [0.25, 0.3) is 0 Å². The van der Waals surface area contributed by atoms with Gasteiger partial charge in [-0.1, -0.05) is 30.3 Å². The molecule has 0 aliphatic rings. The van der Waals surface area contributed by atoms with Gasteiger partial charge >= 0.3 is 12.1 Å². The Balaban J connectivity index is 2.64. The molecule has 0 amide bonds. The number of benzene rings is 1. The van der Waals surface area contributed by atoms with Crippen LogP contribution in [0.1, 0.15) is 0 Å². The Hall–Kier alpha value is -0.485. The molecule has 0 fully saturated rings. The van der Waals surface area contributed by atoms with Crippen molar-refractivity contribution in [2.24, 2.45) is 0 Å². The first kappa shape index (κ1) is 10.6. The molecule has 0 aliphatic heterocycles. The summed E-state index contributed by atoms with van der Waals surface area (Å²) in [6.45, 7) is 0. The maximum atomic E-state index is 11.7. The molecule has 0 N–H and O–H groups in total. The molecule has 1 rings (SSSR count). The van der Waals surface area contributed by atoms with Gasteiger partial charge in [-0.25, -0.2) is 0 Å². The Morgan fingerprint density at radius 2 is 1.69 bits per heavy atom. The van der Waals surface area contributed by atoms with E-state index in [0.29, 0.717) is 5.46 Å². The average molecular weight is 253 g/mol. The van der Waals surface area contributed by atoms with Gasteiger partial charge in [-0.15, -0.1) is 28.9 Å². The molecule has 0 spiro atoms. The van der Waals surface area contributed by atoms with Gasteiger partial charge in [0.25, 0.3) is 0 Å². The van der Waals surface area contributed by atoms with Crippen LogP contribution in [0.4, 0.5) is 13.2 Å². The molecule has 13 heavy (non-hydrogen) atoms. The zero-order valence-corrected chi connectivity index (χ0v) is 7.97. The molecule has 1 aromatic carbocycles. The first-order chi connectivity index (χ1) is 5.99. The van der Waals surface area contributed by atoms with Crippen molar-refractivity contribution < 1.29 is 17.8 Å². The maximum Gasteiger partial charge on any atom is 0.509 e. The zero-order chi connectivity index (χ0) is 9.90. The molecule has 1 aromatic rings. The van der Waals surface area contributed by atoms with E-state index in [1.54, 1.807) is 30.3 Å². The minimum absolute atomic E-state index is 0.430. The normalized spacial score (nSPS) is 11.4. The van der Waals surface area contributed by atoms with Crippen LogP contribution in [0.3, 0.4) is 0 Å². The fourth-order valence-electron chi connectivity index (χ4n) is 0.790. The third-order valence-electron chi connectivity index (χ3n) is 1.30. The predicted molar refractivity (Wildman–Crippen MR) is 47.9 cm³/mol. The summed E-state index contributed by atoms with van der Waals surface area (Å²) in [5, 5.41) is 0. The van der Waals surface area contributed by atoms with Crippen LogP contribution in [0.5, 0.6) is 0 Å². The Kier molecular flexibility index (Phi) is 3.38. The van der Waals surface area contributed by atoms with E-state index in [0.717, 1.165) is 0 Å². The maximum absolute atomic E-state index is 11.7. The minimum Gasteiger partial charge on any atom is -0.336 e. The van der Waals surface area contributed by atoms with E-state index in [1.165, 1.54) is 0 Å². The van der Waals surface area contributed by atoms with Crippen molar-refractivity contribution in [1.29, 1.82) is 0 Å². The summed E-state index contributed by atoms with van der Waals surface area (Å²) in [5.74, 6) is 0. The lowest BCUT2D eigenvalue weighted by atomic mass is 9.88. The monoisotopic (exact) mass is 252 g/mol. The van der Waals surface area contributed by atoms with Gasteiger partial charge < -0.3 is 4.65 Å². The Labute approximate surface area is 82.0 Å². The van der Waals surface area contributed by atoms with E-state index in [1.807, 2.05) is 0 Å². The topological polar surface area (TPSA) is 9.23 Å². The summed E-state index contributed by atoms with van der Waals surface area (Å²) < 4.78 is 39.0.